The molecule has 0 atom stereocenters. The Labute approximate surface area is 125 Å². The summed E-state index contributed by atoms with van der Waals surface area (Å²) in [6, 6.07) is 7.32. The first-order valence-electron chi connectivity index (χ1n) is 6.50. The van der Waals surface area contributed by atoms with Crippen molar-refractivity contribution in [3.63, 3.8) is 0 Å². The minimum atomic E-state index is 0.0239. The molecule has 110 valence electrons. The highest BCUT2D eigenvalue weighted by atomic mass is 32.1. The molecule has 0 aliphatic rings. The molecule has 0 fully saturated rings. The number of rotatable bonds is 8. The van der Waals surface area contributed by atoms with E-state index in [1.54, 1.807) is 0 Å². The Morgan fingerprint density at radius 2 is 2.05 bits per heavy atom. The molecule has 0 unspecified atom stereocenters. The molecule has 6 heteroatoms. The second-order valence-corrected chi connectivity index (χ2v) is 4.87. The van der Waals surface area contributed by atoms with Crippen molar-refractivity contribution in [2.45, 2.75) is 6.92 Å². The summed E-state index contributed by atoms with van der Waals surface area (Å²) < 4.78 is 5.60. The number of carbonyl (C=O) groups is 1. The number of carbonyl (C=O) groups excluding carboxylic acids is 1. The predicted octanol–water partition coefficient (Wildman–Crippen LogP) is 0.768. The molecule has 0 spiro atoms. The van der Waals surface area contributed by atoms with Crippen LogP contribution in [0.1, 0.15) is 12.5 Å². The first-order chi connectivity index (χ1) is 9.52. The number of hydrogen-bond donors (Lipinski definition) is 2. The van der Waals surface area contributed by atoms with Crippen LogP contribution in [0.3, 0.4) is 0 Å². The number of amides is 1. The summed E-state index contributed by atoms with van der Waals surface area (Å²) in [6.45, 7) is 4.12. The van der Waals surface area contributed by atoms with Gasteiger partial charge in [0.05, 0.1) is 6.54 Å². The average Bonchev–Trinajstić information content (AvgIpc) is 2.39. The van der Waals surface area contributed by atoms with Gasteiger partial charge < -0.3 is 15.8 Å². The van der Waals surface area contributed by atoms with E-state index in [9.17, 15) is 4.79 Å². The van der Waals surface area contributed by atoms with Crippen molar-refractivity contribution in [2.75, 3.05) is 33.3 Å². The summed E-state index contributed by atoms with van der Waals surface area (Å²) in [5.74, 6) is 0.784. The molecule has 0 heterocycles. The van der Waals surface area contributed by atoms with Gasteiger partial charge in [0, 0.05) is 18.7 Å². The molecule has 0 bridgehead atoms. The number of nitrogens with zero attached hydrogens (tertiary/aromatic N) is 1. The van der Waals surface area contributed by atoms with Gasteiger partial charge in [0.25, 0.3) is 0 Å². The van der Waals surface area contributed by atoms with E-state index in [4.69, 9.17) is 22.7 Å². The minimum absolute atomic E-state index is 0.0239. The van der Waals surface area contributed by atoms with Crippen LogP contribution in [0.2, 0.25) is 0 Å². The van der Waals surface area contributed by atoms with Crippen molar-refractivity contribution in [1.82, 2.24) is 10.2 Å². The maximum absolute atomic E-state index is 11.4. The van der Waals surface area contributed by atoms with Gasteiger partial charge in [0.2, 0.25) is 5.91 Å². The normalized spacial score (nSPS) is 10.3. The molecule has 1 aromatic carbocycles. The van der Waals surface area contributed by atoms with Gasteiger partial charge in [-0.1, -0.05) is 12.2 Å². The Morgan fingerprint density at radius 3 is 2.60 bits per heavy atom. The van der Waals surface area contributed by atoms with Gasteiger partial charge in [-0.2, -0.15) is 0 Å². The fourth-order valence-electron chi connectivity index (χ4n) is 1.61. The smallest absolute Gasteiger partial charge is 0.234 e. The molecule has 20 heavy (non-hydrogen) atoms. The van der Waals surface area contributed by atoms with Crippen LogP contribution < -0.4 is 15.8 Å². The maximum atomic E-state index is 11.4. The molecule has 0 saturated heterocycles. The van der Waals surface area contributed by atoms with Crippen LogP contribution in [0.5, 0.6) is 5.75 Å². The van der Waals surface area contributed by atoms with Crippen molar-refractivity contribution in [2.24, 2.45) is 5.73 Å². The van der Waals surface area contributed by atoms with Crippen LogP contribution in [0, 0.1) is 0 Å². The summed E-state index contributed by atoms with van der Waals surface area (Å²) in [5.41, 5.74) is 6.34. The molecule has 0 aliphatic carbocycles. The zero-order valence-corrected chi connectivity index (χ0v) is 12.7. The zero-order valence-electron chi connectivity index (χ0n) is 11.9. The van der Waals surface area contributed by atoms with E-state index in [1.165, 1.54) is 0 Å². The van der Waals surface area contributed by atoms with Gasteiger partial charge in [-0.25, -0.2) is 0 Å². The van der Waals surface area contributed by atoms with Gasteiger partial charge in [-0.05, 0) is 38.2 Å². The number of benzene rings is 1. The topological polar surface area (TPSA) is 67.6 Å². The van der Waals surface area contributed by atoms with Crippen LogP contribution in [-0.2, 0) is 4.79 Å². The van der Waals surface area contributed by atoms with Gasteiger partial charge >= 0.3 is 0 Å². The third-order valence-electron chi connectivity index (χ3n) is 2.67. The number of likely N-dealkylation sites (N-methyl/N-ethyl adjacent to an activating group) is 2. The van der Waals surface area contributed by atoms with Crippen molar-refractivity contribution < 1.29 is 9.53 Å². The molecule has 3 N–H and O–H groups in total. The lowest BCUT2D eigenvalue weighted by Gasteiger charge is -2.16. The molecule has 0 saturated carbocycles. The third kappa shape index (κ3) is 5.99. The van der Waals surface area contributed by atoms with E-state index in [1.807, 2.05) is 43.1 Å². The third-order valence-corrected chi connectivity index (χ3v) is 2.90. The van der Waals surface area contributed by atoms with E-state index in [0.717, 1.165) is 11.3 Å². The Kier molecular flexibility index (Phi) is 6.97. The number of hydrogen-bond acceptors (Lipinski definition) is 4. The minimum Gasteiger partial charge on any atom is -0.492 e. The number of nitrogens with two attached hydrogens (primary N) is 1. The number of thiocarbonyl (C=S) groups is 1. The lowest BCUT2D eigenvalue weighted by molar-refractivity contribution is -0.121. The SMILES string of the molecule is CCNC(=O)CN(C)CCOc1ccc(C(N)=S)cc1. The lowest BCUT2D eigenvalue weighted by Crippen LogP contribution is -2.36. The van der Waals surface area contributed by atoms with Gasteiger partial charge in [0.1, 0.15) is 17.3 Å². The standard InChI is InChI=1S/C14H21N3O2S/c1-3-16-13(18)10-17(2)8-9-19-12-6-4-11(5-7-12)14(15)20/h4-7H,3,8-10H2,1-2H3,(H2,15,20)(H,16,18). The maximum Gasteiger partial charge on any atom is 0.234 e. The van der Waals surface area contributed by atoms with Crippen molar-refractivity contribution in [1.29, 1.82) is 0 Å². The van der Waals surface area contributed by atoms with E-state index >= 15 is 0 Å². The highest BCUT2D eigenvalue weighted by molar-refractivity contribution is 7.80. The molecule has 1 aromatic rings. The van der Waals surface area contributed by atoms with Gasteiger partial charge in [-0.3, -0.25) is 9.69 Å². The molecule has 0 aliphatic heterocycles. The van der Waals surface area contributed by atoms with Crippen molar-refractivity contribution >= 4 is 23.1 Å². The molecular weight excluding hydrogens is 274 g/mol. The van der Waals surface area contributed by atoms with Crippen molar-refractivity contribution in [3.05, 3.63) is 29.8 Å². The lowest BCUT2D eigenvalue weighted by atomic mass is 10.2. The molecular formula is C14H21N3O2S. The Morgan fingerprint density at radius 1 is 1.40 bits per heavy atom. The van der Waals surface area contributed by atoms with Crippen LogP contribution >= 0.6 is 12.2 Å². The fourth-order valence-corrected chi connectivity index (χ4v) is 1.75. The summed E-state index contributed by atoms with van der Waals surface area (Å²) in [5, 5.41) is 2.76. The number of ether oxygens (including phenoxy) is 1. The summed E-state index contributed by atoms with van der Waals surface area (Å²) in [7, 11) is 1.88. The largest absolute Gasteiger partial charge is 0.492 e. The molecule has 5 nitrogen and oxygen atoms in total. The molecule has 1 rings (SSSR count). The van der Waals surface area contributed by atoms with Gasteiger partial charge in [-0.15, -0.1) is 0 Å². The monoisotopic (exact) mass is 295 g/mol. The first kappa shape index (κ1) is 16.4. The summed E-state index contributed by atoms with van der Waals surface area (Å²) >= 11 is 4.88. The Bertz CT molecular complexity index is 448. The summed E-state index contributed by atoms with van der Waals surface area (Å²) in [4.78, 5) is 13.7. The summed E-state index contributed by atoms with van der Waals surface area (Å²) in [6.07, 6.45) is 0. The van der Waals surface area contributed by atoms with Crippen LogP contribution in [0.25, 0.3) is 0 Å². The van der Waals surface area contributed by atoms with Gasteiger partial charge in [0.15, 0.2) is 0 Å². The second kappa shape index (κ2) is 8.50. The van der Waals surface area contributed by atoms with Crippen molar-refractivity contribution in [3.8, 4) is 5.75 Å². The average molecular weight is 295 g/mol. The van der Waals surface area contributed by atoms with Crippen LogP contribution in [0.4, 0.5) is 0 Å². The number of nitrogens with one attached hydrogen (secondary N) is 1. The fraction of sp³-hybridized carbons (Fsp3) is 0.429. The first-order valence-corrected chi connectivity index (χ1v) is 6.91. The quantitative estimate of drug-likeness (QED) is 0.693. The van der Waals surface area contributed by atoms with E-state index in [-0.39, 0.29) is 5.91 Å². The van der Waals surface area contributed by atoms with Crippen LogP contribution in [-0.4, -0.2) is 49.1 Å². The molecule has 1 amide bonds. The van der Waals surface area contributed by atoms with E-state index in [0.29, 0.717) is 31.2 Å². The highest BCUT2D eigenvalue weighted by Gasteiger charge is 2.05. The van der Waals surface area contributed by atoms with Crippen LogP contribution in [0.15, 0.2) is 24.3 Å². The van der Waals surface area contributed by atoms with E-state index < -0.39 is 0 Å². The second-order valence-electron chi connectivity index (χ2n) is 4.43. The highest BCUT2D eigenvalue weighted by Crippen LogP contribution is 2.11. The zero-order chi connectivity index (χ0) is 15.0. The Balaban J connectivity index is 2.29. The Hall–Kier alpha value is -1.66. The van der Waals surface area contributed by atoms with E-state index in [2.05, 4.69) is 5.32 Å². The predicted molar refractivity (Wildman–Crippen MR) is 84.0 cm³/mol. The molecule has 0 radical (unpaired) electrons. The molecule has 0 aromatic heterocycles.